The standard InChI is InChI=1S/C18H16N6O4/c1-12-8-13(2-7-16(12)24(27)28)18(26)20-9-17(25)22-14-3-5-15(6-4-14)23-11-19-10-21-23/h2-8,10-11H,9H2,1H3,(H,20,26)(H,22,25). The van der Waals surface area contributed by atoms with E-state index < -0.39 is 16.7 Å². The van der Waals surface area contributed by atoms with E-state index >= 15 is 0 Å². The second kappa shape index (κ2) is 8.08. The normalized spacial score (nSPS) is 10.3. The van der Waals surface area contributed by atoms with E-state index in [1.807, 2.05) is 0 Å². The fourth-order valence-corrected chi connectivity index (χ4v) is 2.51. The van der Waals surface area contributed by atoms with Gasteiger partial charge in [-0.2, -0.15) is 5.10 Å². The predicted molar refractivity (Wildman–Crippen MR) is 100 cm³/mol. The summed E-state index contributed by atoms with van der Waals surface area (Å²) in [5, 5.41) is 20.0. The first-order valence-electron chi connectivity index (χ1n) is 8.22. The molecule has 0 saturated carbocycles. The lowest BCUT2D eigenvalue weighted by Crippen LogP contribution is -2.32. The van der Waals surface area contributed by atoms with Gasteiger partial charge in [0.15, 0.2) is 0 Å². The molecule has 3 aromatic rings. The molecule has 0 unspecified atom stereocenters. The second-order valence-electron chi connectivity index (χ2n) is 5.88. The van der Waals surface area contributed by atoms with Gasteiger partial charge in [-0.25, -0.2) is 9.67 Å². The molecule has 142 valence electrons. The highest BCUT2D eigenvalue weighted by Crippen LogP contribution is 2.18. The third kappa shape index (κ3) is 4.36. The maximum atomic E-state index is 12.1. The molecule has 0 aliphatic rings. The van der Waals surface area contributed by atoms with Gasteiger partial charge in [0, 0.05) is 22.9 Å². The van der Waals surface area contributed by atoms with Crippen LogP contribution in [0, 0.1) is 17.0 Å². The van der Waals surface area contributed by atoms with Gasteiger partial charge in [-0.3, -0.25) is 19.7 Å². The molecule has 0 atom stereocenters. The van der Waals surface area contributed by atoms with Gasteiger partial charge >= 0.3 is 0 Å². The number of carbonyl (C=O) groups is 2. The Hall–Kier alpha value is -4.08. The van der Waals surface area contributed by atoms with Gasteiger partial charge in [-0.05, 0) is 43.3 Å². The molecule has 0 fully saturated rings. The highest BCUT2D eigenvalue weighted by atomic mass is 16.6. The van der Waals surface area contributed by atoms with Crippen molar-refractivity contribution in [3.63, 3.8) is 0 Å². The number of nitrogens with zero attached hydrogens (tertiary/aromatic N) is 4. The zero-order chi connectivity index (χ0) is 20.1. The molecular weight excluding hydrogens is 364 g/mol. The molecule has 1 heterocycles. The number of amides is 2. The Labute approximate surface area is 159 Å². The average molecular weight is 380 g/mol. The van der Waals surface area contributed by atoms with Crippen molar-refractivity contribution in [2.24, 2.45) is 0 Å². The fourth-order valence-electron chi connectivity index (χ4n) is 2.51. The number of hydrogen-bond acceptors (Lipinski definition) is 6. The van der Waals surface area contributed by atoms with Gasteiger partial charge in [-0.15, -0.1) is 0 Å². The van der Waals surface area contributed by atoms with E-state index in [0.717, 1.165) is 5.69 Å². The molecular formula is C18H16N6O4. The number of anilines is 1. The summed E-state index contributed by atoms with van der Waals surface area (Å²) in [6, 6.07) is 11.0. The first-order valence-corrected chi connectivity index (χ1v) is 8.22. The van der Waals surface area contributed by atoms with Crippen LogP contribution < -0.4 is 10.6 Å². The van der Waals surface area contributed by atoms with Crippen molar-refractivity contribution in [3.05, 3.63) is 76.4 Å². The monoisotopic (exact) mass is 380 g/mol. The van der Waals surface area contributed by atoms with Crippen molar-refractivity contribution in [1.29, 1.82) is 0 Å². The molecule has 3 rings (SSSR count). The lowest BCUT2D eigenvalue weighted by atomic mass is 10.1. The molecule has 2 amide bonds. The number of nitro groups is 1. The molecule has 0 aliphatic carbocycles. The zero-order valence-corrected chi connectivity index (χ0v) is 14.8. The van der Waals surface area contributed by atoms with Crippen molar-refractivity contribution in [2.45, 2.75) is 6.92 Å². The summed E-state index contributed by atoms with van der Waals surface area (Å²) < 4.78 is 1.58. The van der Waals surface area contributed by atoms with Crippen LogP contribution in [0.3, 0.4) is 0 Å². The third-order valence-corrected chi connectivity index (χ3v) is 3.90. The Bertz CT molecular complexity index is 1020. The maximum Gasteiger partial charge on any atom is 0.272 e. The molecule has 0 bridgehead atoms. The van der Waals surface area contributed by atoms with E-state index in [-0.39, 0.29) is 17.8 Å². The number of carbonyl (C=O) groups excluding carboxylic acids is 2. The molecule has 2 aromatic carbocycles. The SMILES string of the molecule is Cc1cc(C(=O)NCC(=O)Nc2ccc(-n3cncn3)cc2)ccc1[N+](=O)[O-]. The smallest absolute Gasteiger partial charge is 0.272 e. The van der Waals surface area contributed by atoms with E-state index in [2.05, 4.69) is 20.7 Å². The molecule has 28 heavy (non-hydrogen) atoms. The number of aromatic nitrogens is 3. The molecule has 0 radical (unpaired) electrons. The molecule has 0 saturated heterocycles. The van der Waals surface area contributed by atoms with Crippen LogP contribution in [0.1, 0.15) is 15.9 Å². The Morgan fingerprint density at radius 2 is 1.93 bits per heavy atom. The van der Waals surface area contributed by atoms with E-state index in [9.17, 15) is 19.7 Å². The zero-order valence-electron chi connectivity index (χ0n) is 14.8. The lowest BCUT2D eigenvalue weighted by molar-refractivity contribution is -0.385. The van der Waals surface area contributed by atoms with E-state index in [1.54, 1.807) is 42.2 Å². The summed E-state index contributed by atoms with van der Waals surface area (Å²) in [7, 11) is 0. The van der Waals surface area contributed by atoms with Crippen LogP contribution in [-0.4, -0.2) is 38.0 Å². The van der Waals surface area contributed by atoms with Crippen LogP contribution in [-0.2, 0) is 4.79 Å². The Balaban J connectivity index is 1.54. The van der Waals surface area contributed by atoms with Crippen LogP contribution in [0.4, 0.5) is 11.4 Å². The van der Waals surface area contributed by atoms with Crippen molar-refractivity contribution < 1.29 is 14.5 Å². The van der Waals surface area contributed by atoms with E-state index in [4.69, 9.17) is 0 Å². The van der Waals surface area contributed by atoms with Gasteiger partial charge in [0.05, 0.1) is 17.2 Å². The number of rotatable bonds is 6. The largest absolute Gasteiger partial charge is 0.343 e. The van der Waals surface area contributed by atoms with E-state index in [1.165, 1.54) is 24.5 Å². The number of hydrogen-bond donors (Lipinski definition) is 2. The summed E-state index contributed by atoms with van der Waals surface area (Å²) >= 11 is 0. The predicted octanol–water partition coefficient (Wildman–Crippen LogP) is 1.85. The number of nitro benzene ring substituents is 1. The topological polar surface area (TPSA) is 132 Å². The molecule has 0 aliphatic heterocycles. The first kappa shape index (κ1) is 18.7. The van der Waals surface area contributed by atoms with Crippen molar-refractivity contribution in [2.75, 3.05) is 11.9 Å². The van der Waals surface area contributed by atoms with Crippen LogP contribution in [0.2, 0.25) is 0 Å². The quantitative estimate of drug-likeness (QED) is 0.495. The van der Waals surface area contributed by atoms with Crippen LogP contribution in [0.25, 0.3) is 5.69 Å². The second-order valence-corrected chi connectivity index (χ2v) is 5.88. The van der Waals surface area contributed by atoms with Crippen LogP contribution in [0.5, 0.6) is 0 Å². The van der Waals surface area contributed by atoms with Gasteiger partial charge < -0.3 is 10.6 Å². The average Bonchev–Trinajstić information content (AvgIpc) is 3.21. The van der Waals surface area contributed by atoms with Crippen molar-refractivity contribution in [1.82, 2.24) is 20.1 Å². The van der Waals surface area contributed by atoms with Gasteiger partial charge in [0.1, 0.15) is 12.7 Å². The molecule has 0 spiro atoms. The summed E-state index contributed by atoms with van der Waals surface area (Å²) in [5.74, 6) is -0.893. The van der Waals surface area contributed by atoms with Gasteiger partial charge in [-0.1, -0.05) is 0 Å². The minimum absolute atomic E-state index is 0.0661. The first-order chi connectivity index (χ1) is 13.4. The fraction of sp³-hybridized carbons (Fsp3) is 0.111. The number of aryl methyl sites for hydroxylation is 1. The highest BCUT2D eigenvalue weighted by molar-refractivity contribution is 5.99. The summed E-state index contributed by atoms with van der Waals surface area (Å²) in [4.78, 5) is 38.3. The summed E-state index contributed by atoms with van der Waals surface area (Å²) in [6.45, 7) is 1.31. The van der Waals surface area contributed by atoms with Gasteiger partial charge in [0.25, 0.3) is 11.6 Å². The van der Waals surface area contributed by atoms with Crippen molar-refractivity contribution >= 4 is 23.2 Å². The summed E-state index contributed by atoms with van der Waals surface area (Å²) in [5.41, 5.74) is 1.90. The Morgan fingerprint density at radius 1 is 1.18 bits per heavy atom. The van der Waals surface area contributed by atoms with Crippen molar-refractivity contribution in [3.8, 4) is 5.69 Å². The number of nitrogens with one attached hydrogen (secondary N) is 2. The minimum Gasteiger partial charge on any atom is -0.343 e. The lowest BCUT2D eigenvalue weighted by Gasteiger charge is -2.08. The Kier molecular flexibility index (Phi) is 5.40. The van der Waals surface area contributed by atoms with E-state index in [0.29, 0.717) is 11.3 Å². The summed E-state index contributed by atoms with van der Waals surface area (Å²) in [6.07, 6.45) is 2.98. The third-order valence-electron chi connectivity index (χ3n) is 3.90. The highest BCUT2D eigenvalue weighted by Gasteiger charge is 2.14. The molecule has 2 N–H and O–H groups in total. The maximum absolute atomic E-state index is 12.1. The molecule has 10 heteroatoms. The van der Waals surface area contributed by atoms with Gasteiger partial charge in [0.2, 0.25) is 5.91 Å². The molecule has 10 nitrogen and oxygen atoms in total. The minimum atomic E-state index is -0.515. The Morgan fingerprint density at radius 3 is 2.54 bits per heavy atom. The molecule has 1 aromatic heterocycles. The van der Waals surface area contributed by atoms with Crippen LogP contribution >= 0.6 is 0 Å². The number of benzene rings is 2. The van der Waals surface area contributed by atoms with Crippen LogP contribution in [0.15, 0.2) is 55.1 Å².